The topological polar surface area (TPSA) is 38.0 Å². The van der Waals surface area contributed by atoms with Crippen molar-refractivity contribution >= 4 is 24.8 Å². The van der Waals surface area contributed by atoms with Crippen LogP contribution >= 0.6 is 24.8 Å². The molecule has 0 aliphatic heterocycles. The van der Waals surface area contributed by atoms with Crippen LogP contribution in [0.15, 0.2) is 0 Å². The van der Waals surface area contributed by atoms with E-state index < -0.39 is 0 Å². The van der Waals surface area contributed by atoms with E-state index in [-0.39, 0.29) is 24.8 Å². The minimum absolute atomic E-state index is 0. The first-order chi connectivity index (χ1) is 3.31. The molecule has 0 aromatic rings. The molecule has 0 spiro atoms. The van der Waals surface area contributed by atoms with Crippen LogP contribution in [0.25, 0.3) is 0 Å². The first kappa shape index (κ1) is 16.2. The molecule has 2 nitrogen and oxygen atoms in total. The third kappa shape index (κ3) is 11.9. The summed E-state index contributed by atoms with van der Waals surface area (Å²) in [6, 6.07) is 0.574. The second-order valence-corrected chi connectivity index (χ2v) is 1.77. The van der Waals surface area contributed by atoms with Gasteiger partial charge in [0.1, 0.15) is 0 Å². The molecule has 4 heteroatoms. The number of rotatable bonds is 3. The lowest BCUT2D eigenvalue weighted by Gasteiger charge is -2.05. The maximum atomic E-state index is 5.26. The molecule has 0 fully saturated rings. The summed E-state index contributed by atoms with van der Waals surface area (Å²) in [4.78, 5) is 0. The Morgan fingerprint density at radius 1 is 1.44 bits per heavy atom. The van der Waals surface area contributed by atoms with Crippen molar-refractivity contribution in [1.29, 1.82) is 0 Å². The summed E-state index contributed by atoms with van der Waals surface area (Å²) < 4.78 is 0. The molecule has 0 heterocycles. The van der Waals surface area contributed by atoms with Crippen LogP contribution in [0.3, 0.4) is 0 Å². The summed E-state index contributed by atoms with van der Waals surface area (Å²) in [5.41, 5.74) is 5.26. The SMILES string of the molecule is CNC(C)CCN.Cl.Cl. The van der Waals surface area contributed by atoms with Crippen LogP contribution in [-0.2, 0) is 0 Å². The summed E-state index contributed by atoms with van der Waals surface area (Å²) in [5, 5.41) is 3.09. The largest absolute Gasteiger partial charge is 0.330 e. The molecule has 1 atom stereocenters. The minimum atomic E-state index is 0. The van der Waals surface area contributed by atoms with Crippen LogP contribution < -0.4 is 11.1 Å². The fraction of sp³-hybridized carbons (Fsp3) is 1.00. The van der Waals surface area contributed by atoms with Gasteiger partial charge in [-0.15, -0.1) is 24.8 Å². The smallest absolute Gasteiger partial charge is 0.00477 e. The van der Waals surface area contributed by atoms with Crippen LogP contribution in [0.1, 0.15) is 13.3 Å². The Hall–Kier alpha value is 0.500. The number of nitrogens with two attached hydrogens (primary N) is 1. The molecule has 3 N–H and O–H groups in total. The van der Waals surface area contributed by atoms with Gasteiger partial charge in [0.2, 0.25) is 0 Å². The Labute approximate surface area is 69.4 Å². The normalized spacial score (nSPS) is 11.0. The van der Waals surface area contributed by atoms with Crippen molar-refractivity contribution in [2.75, 3.05) is 13.6 Å². The lowest BCUT2D eigenvalue weighted by Crippen LogP contribution is -2.23. The van der Waals surface area contributed by atoms with Crippen molar-refractivity contribution in [3.63, 3.8) is 0 Å². The predicted molar refractivity (Wildman–Crippen MR) is 46.7 cm³/mol. The fourth-order valence-electron chi connectivity index (χ4n) is 0.394. The minimum Gasteiger partial charge on any atom is -0.330 e. The molecule has 0 bridgehead atoms. The molecule has 0 saturated carbocycles. The van der Waals surface area contributed by atoms with Crippen molar-refractivity contribution in [2.24, 2.45) is 5.73 Å². The molecular formula is C5H16Cl2N2. The van der Waals surface area contributed by atoms with E-state index in [1.165, 1.54) is 0 Å². The third-order valence-corrected chi connectivity index (χ3v) is 1.09. The highest BCUT2D eigenvalue weighted by Crippen LogP contribution is 1.82. The van der Waals surface area contributed by atoms with Gasteiger partial charge in [0.25, 0.3) is 0 Å². The highest BCUT2D eigenvalue weighted by Gasteiger charge is 1.91. The summed E-state index contributed by atoms with van der Waals surface area (Å²) in [6.07, 6.45) is 1.07. The van der Waals surface area contributed by atoms with Crippen LogP contribution in [0.2, 0.25) is 0 Å². The van der Waals surface area contributed by atoms with E-state index in [9.17, 15) is 0 Å². The van der Waals surface area contributed by atoms with Crippen LogP contribution in [-0.4, -0.2) is 19.6 Å². The zero-order valence-electron chi connectivity index (χ0n) is 5.89. The highest BCUT2D eigenvalue weighted by molar-refractivity contribution is 5.85. The molecule has 9 heavy (non-hydrogen) atoms. The molecule has 0 rings (SSSR count). The first-order valence-corrected chi connectivity index (χ1v) is 2.68. The molecule has 60 valence electrons. The van der Waals surface area contributed by atoms with Crippen LogP contribution in [0.4, 0.5) is 0 Å². The Morgan fingerprint density at radius 3 is 2.00 bits per heavy atom. The van der Waals surface area contributed by atoms with Gasteiger partial charge < -0.3 is 11.1 Å². The predicted octanol–water partition coefficient (Wildman–Crippen LogP) is 0.787. The van der Waals surface area contributed by atoms with Gasteiger partial charge in [-0.1, -0.05) is 0 Å². The Balaban J connectivity index is -0.000000180. The zero-order chi connectivity index (χ0) is 5.70. The van der Waals surface area contributed by atoms with Gasteiger partial charge in [-0.25, -0.2) is 0 Å². The summed E-state index contributed by atoms with van der Waals surface area (Å²) >= 11 is 0. The van der Waals surface area contributed by atoms with Gasteiger partial charge in [0, 0.05) is 6.04 Å². The Morgan fingerprint density at radius 2 is 1.89 bits per heavy atom. The van der Waals surface area contributed by atoms with E-state index in [0.29, 0.717) is 6.04 Å². The van der Waals surface area contributed by atoms with E-state index in [4.69, 9.17) is 5.73 Å². The monoisotopic (exact) mass is 174 g/mol. The summed E-state index contributed by atoms with van der Waals surface area (Å²) in [7, 11) is 1.94. The number of hydrogen-bond donors (Lipinski definition) is 2. The van der Waals surface area contributed by atoms with Crippen LogP contribution in [0.5, 0.6) is 0 Å². The molecule has 0 saturated heterocycles. The fourth-order valence-corrected chi connectivity index (χ4v) is 0.394. The summed E-state index contributed by atoms with van der Waals surface area (Å²) in [6.45, 7) is 2.90. The number of halogens is 2. The zero-order valence-corrected chi connectivity index (χ0v) is 7.52. The lowest BCUT2D eigenvalue weighted by atomic mass is 10.2. The molecule has 1 unspecified atom stereocenters. The van der Waals surface area contributed by atoms with Crippen molar-refractivity contribution in [1.82, 2.24) is 5.32 Å². The molecule has 0 radical (unpaired) electrons. The number of nitrogens with one attached hydrogen (secondary N) is 1. The van der Waals surface area contributed by atoms with Gasteiger partial charge in [-0.05, 0) is 26.9 Å². The Bertz CT molecular complexity index is 43.9. The van der Waals surface area contributed by atoms with Gasteiger partial charge in [0.05, 0.1) is 0 Å². The van der Waals surface area contributed by atoms with Crippen molar-refractivity contribution in [3.05, 3.63) is 0 Å². The van der Waals surface area contributed by atoms with Gasteiger partial charge in [-0.2, -0.15) is 0 Å². The third-order valence-electron chi connectivity index (χ3n) is 1.09. The average molecular weight is 175 g/mol. The molecule has 0 aliphatic rings. The molecule has 0 aliphatic carbocycles. The maximum Gasteiger partial charge on any atom is 0.00477 e. The quantitative estimate of drug-likeness (QED) is 0.665. The van der Waals surface area contributed by atoms with Gasteiger partial charge >= 0.3 is 0 Å². The average Bonchev–Trinajstić information content (AvgIpc) is 1.68. The van der Waals surface area contributed by atoms with Crippen molar-refractivity contribution < 1.29 is 0 Å². The van der Waals surface area contributed by atoms with Crippen molar-refractivity contribution in [3.8, 4) is 0 Å². The molecule has 0 amide bonds. The molecule has 0 aromatic carbocycles. The highest BCUT2D eigenvalue weighted by atomic mass is 35.5. The van der Waals surface area contributed by atoms with Crippen molar-refractivity contribution in [2.45, 2.75) is 19.4 Å². The second kappa shape index (κ2) is 11.3. The van der Waals surface area contributed by atoms with Crippen LogP contribution in [0, 0.1) is 0 Å². The van der Waals surface area contributed by atoms with E-state index in [0.717, 1.165) is 13.0 Å². The van der Waals surface area contributed by atoms with Gasteiger partial charge in [0.15, 0.2) is 0 Å². The van der Waals surface area contributed by atoms with E-state index in [1.807, 2.05) is 7.05 Å². The van der Waals surface area contributed by atoms with Gasteiger partial charge in [-0.3, -0.25) is 0 Å². The second-order valence-electron chi connectivity index (χ2n) is 1.77. The summed E-state index contributed by atoms with van der Waals surface area (Å²) in [5.74, 6) is 0. The maximum absolute atomic E-state index is 5.26. The van der Waals surface area contributed by atoms with E-state index in [2.05, 4.69) is 12.2 Å². The lowest BCUT2D eigenvalue weighted by molar-refractivity contribution is 0.572. The molecular weight excluding hydrogens is 159 g/mol. The Kier molecular flexibility index (Phi) is 20.4. The van der Waals surface area contributed by atoms with E-state index in [1.54, 1.807) is 0 Å². The standard InChI is InChI=1S/C5H14N2.2ClH/c1-5(7-2)3-4-6;;/h5,7H,3-4,6H2,1-2H3;2*1H. The first-order valence-electron chi connectivity index (χ1n) is 2.68. The molecule has 0 aromatic heterocycles. The van der Waals surface area contributed by atoms with E-state index >= 15 is 0 Å². The number of hydrogen-bond acceptors (Lipinski definition) is 2.